The second kappa shape index (κ2) is 7.94. The second-order valence-electron chi connectivity index (χ2n) is 5.82. The molecular formula is C16H20N4O5S. The number of methoxy groups -OCH3 is 1. The number of nitrogens with zero attached hydrogens (tertiary/aromatic N) is 3. The van der Waals surface area contributed by atoms with Crippen molar-refractivity contribution in [2.45, 2.75) is 30.3 Å². The molecule has 0 radical (unpaired) electrons. The summed E-state index contributed by atoms with van der Waals surface area (Å²) >= 11 is 0. The highest BCUT2D eigenvalue weighted by Crippen LogP contribution is 2.31. The Morgan fingerprint density at radius 3 is 2.85 bits per heavy atom. The minimum absolute atomic E-state index is 0.0107. The third kappa shape index (κ3) is 4.09. The largest absolute Gasteiger partial charge is 0.383 e. The van der Waals surface area contributed by atoms with Crippen molar-refractivity contribution in [3.8, 4) is 0 Å². The summed E-state index contributed by atoms with van der Waals surface area (Å²) in [6.45, 7) is 0.762. The number of ether oxygens (including phenoxy) is 1. The van der Waals surface area contributed by atoms with Gasteiger partial charge in [-0.25, -0.2) is 13.1 Å². The number of nitrogens with one attached hydrogen (secondary N) is 1. The lowest BCUT2D eigenvalue weighted by Gasteiger charge is -2.21. The number of hydrogen-bond acceptors (Lipinski definition) is 7. The Hall–Kier alpha value is -2.30. The number of sulfonamides is 1. The smallest absolute Gasteiger partial charge is 0.249 e. The fourth-order valence-corrected chi connectivity index (χ4v) is 3.78. The first kappa shape index (κ1) is 18.5. The van der Waals surface area contributed by atoms with Crippen LogP contribution in [0.4, 0.5) is 0 Å². The number of benzene rings is 1. The molecule has 0 bridgehead atoms. The van der Waals surface area contributed by atoms with Crippen molar-refractivity contribution in [1.82, 2.24) is 19.8 Å². The molecule has 1 aromatic heterocycles. The van der Waals surface area contributed by atoms with Gasteiger partial charge >= 0.3 is 0 Å². The van der Waals surface area contributed by atoms with Gasteiger partial charge in [0.15, 0.2) is 5.82 Å². The van der Waals surface area contributed by atoms with Crippen LogP contribution < -0.4 is 4.72 Å². The van der Waals surface area contributed by atoms with Gasteiger partial charge in [0.1, 0.15) is 6.04 Å². The monoisotopic (exact) mass is 380 g/mol. The molecule has 1 aromatic carbocycles. The molecule has 0 spiro atoms. The van der Waals surface area contributed by atoms with Crippen molar-refractivity contribution < 1.29 is 22.5 Å². The lowest BCUT2D eigenvalue weighted by atomic mass is 10.2. The molecule has 26 heavy (non-hydrogen) atoms. The van der Waals surface area contributed by atoms with Crippen molar-refractivity contribution in [3.05, 3.63) is 42.0 Å². The van der Waals surface area contributed by atoms with Crippen molar-refractivity contribution in [3.63, 3.8) is 0 Å². The lowest BCUT2D eigenvalue weighted by Crippen LogP contribution is -2.31. The van der Waals surface area contributed by atoms with Crippen LogP contribution in [0.1, 0.15) is 30.6 Å². The number of carbonyl (C=O) groups excluding carboxylic acids is 1. The van der Waals surface area contributed by atoms with Gasteiger partial charge in [0.25, 0.3) is 0 Å². The first-order valence-corrected chi connectivity index (χ1v) is 9.65. The summed E-state index contributed by atoms with van der Waals surface area (Å²) in [5.74, 6) is 0.531. The fourth-order valence-electron chi connectivity index (χ4n) is 2.78. The molecule has 0 aliphatic carbocycles. The maximum Gasteiger partial charge on any atom is 0.249 e. The summed E-state index contributed by atoms with van der Waals surface area (Å²) in [6.07, 6.45) is 0.993. The SMILES string of the molecule is COCCN1C(=O)CC[C@H]1c1nc(CNS(=O)(=O)c2ccccc2)no1. The van der Waals surface area contributed by atoms with E-state index in [2.05, 4.69) is 14.9 Å². The quantitative estimate of drug-likeness (QED) is 0.722. The van der Waals surface area contributed by atoms with Crippen LogP contribution in [0.2, 0.25) is 0 Å². The first-order valence-electron chi connectivity index (χ1n) is 8.17. The van der Waals surface area contributed by atoms with Gasteiger partial charge in [-0.15, -0.1) is 0 Å². The molecule has 10 heteroatoms. The number of likely N-dealkylation sites (tertiary alicyclic amines) is 1. The van der Waals surface area contributed by atoms with Crippen molar-refractivity contribution in [1.29, 1.82) is 0 Å². The average Bonchev–Trinajstić information content (AvgIpc) is 3.25. The highest BCUT2D eigenvalue weighted by atomic mass is 32.2. The zero-order valence-corrected chi connectivity index (χ0v) is 15.1. The van der Waals surface area contributed by atoms with E-state index >= 15 is 0 Å². The van der Waals surface area contributed by atoms with Gasteiger partial charge in [0.05, 0.1) is 18.0 Å². The molecule has 140 valence electrons. The van der Waals surface area contributed by atoms with E-state index < -0.39 is 10.0 Å². The molecule has 1 amide bonds. The van der Waals surface area contributed by atoms with Crippen molar-refractivity contribution in [2.75, 3.05) is 20.3 Å². The molecule has 1 fully saturated rings. The first-order chi connectivity index (χ1) is 12.5. The molecule has 1 N–H and O–H groups in total. The maximum atomic E-state index is 12.2. The van der Waals surface area contributed by atoms with Gasteiger partial charge in [0, 0.05) is 20.1 Å². The van der Waals surface area contributed by atoms with E-state index in [1.165, 1.54) is 12.1 Å². The van der Waals surface area contributed by atoms with E-state index in [1.807, 2.05) is 0 Å². The van der Waals surface area contributed by atoms with Crippen LogP contribution in [0.25, 0.3) is 0 Å². The predicted molar refractivity (Wildman–Crippen MR) is 90.3 cm³/mol. The van der Waals surface area contributed by atoms with Gasteiger partial charge in [-0.05, 0) is 18.6 Å². The third-order valence-corrected chi connectivity index (χ3v) is 5.52. The maximum absolute atomic E-state index is 12.2. The summed E-state index contributed by atoms with van der Waals surface area (Å²) in [7, 11) is -2.08. The van der Waals surface area contributed by atoms with E-state index in [9.17, 15) is 13.2 Å². The van der Waals surface area contributed by atoms with E-state index in [0.29, 0.717) is 31.9 Å². The van der Waals surface area contributed by atoms with E-state index in [-0.39, 0.29) is 29.2 Å². The topological polar surface area (TPSA) is 115 Å². The molecule has 2 heterocycles. The Bertz CT molecular complexity index is 853. The summed E-state index contributed by atoms with van der Waals surface area (Å²) in [6, 6.07) is 7.73. The number of aromatic nitrogens is 2. The zero-order valence-electron chi connectivity index (χ0n) is 14.3. The Labute approximate surface area is 151 Å². The van der Waals surface area contributed by atoms with Crippen LogP contribution in [-0.2, 0) is 26.1 Å². The van der Waals surface area contributed by atoms with Crippen molar-refractivity contribution in [2.24, 2.45) is 0 Å². The third-order valence-electron chi connectivity index (χ3n) is 4.11. The van der Waals surface area contributed by atoms with Crippen LogP contribution >= 0.6 is 0 Å². The standard InChI is InChI=1S/C16H20N4O5S/c1-24-10-9-20-13(7-8-15(20)21)16-18-14(19-25-16)11-17-26(22,23)12-5-3-2-4-6-12/h2-6,13,17H,7-11H2,1H3/t13-/m0/s1. The average molecular weight is 380 g/mol. The van der Waals surface area contributed by atoms with Gasteiger partial charge in [-0.3, -0.25) is 4.79 Å². The molecule has 1 atom stereocenters. The highest BCUT2D eigenvalue weighted by molar-refractivity contribution is 7.89. The molecular weight excluding hydrogens is 360 g/mol. The van der Waals surface area contributed by atoms with Crippen LogP contribution in [0.5, 0.6) is 0 Å². The number of carbonyl (C=O) groups is 1. The summed E-state index contributed by atoms with van der Waals surface area (Å²) < 4.78 is 37.1. The van der Waals surface area contributed by atoms with Crippen LogP contribution in [0.3, 0.4) is 0 Å². The molecule has 2 aromatic rings. The molecule has 1 aliphatic heterocycles. The van der Waals surface area contributed by atoms with Gasteiger partial charge in [-0.1, -0.05) is 23.4 Å². The Morgan fingerprint density at radius 1 is 1.35 bits per heavy atom. The van der Waals surface area contributed by atoms with Gasteiger partial charge < -0.3 is 14.2 Å². The normalized spacial score (nSPS) is 17.8. The number of hydrogen-bond donors (Lipinski definition) is 1. The Kier molecular flexibility index (Phi) is 5.64. The summed E-state index contributed by atoms with van der Waals surface area (Å²) in [5, 5.41) is 3.82. The summed E-state index contributed by atoms with van der Waals surface area (Å²) in [5.41, 5.74) is 0. The fraction of sp³-hybridized carbons (Fsp3) is 0.438. The number of amides is 1. The lowest BCUT2D eigenvalue weighted by molar-refractivity contribution is -0.130. The van der Waals surface area contributed by atoms with Crippen LogP contribution in [0.15, 0.2) is 39.8 Å². The van der Waals surface area contributed by atoms with E-state index in [0.717, 1.165) is 0 Å². The molecule has 9 nitrogen and oxygen atoms in total. The predicted octanol–water partition coefficient (Wildman–Crippen LogP) is 0.858. The van der Waals surface area contributed by atoms with Crippen molar-refractivity contribution >= 4 is 15.9 Å². The summed E-state index contributed by atoms with van der Waals surface area (Å²) in [4.78, 5) is 18.0. The highest BCUT2D eigenvalue weighted by Gasteiger charge is 2.35. The molecule has 1 saturated heterocycles. The molecule has 3 rings (SSSR count). The Balaban J connectivity index is 1.66. The van der Waals surface area contributed by atoms with Crippen LogP contribution in [-0.4, -0.2) is 49.6 Å². The van der Waals surface area contributed by atoms with Crippen LogP contribution in [0, 0.1) is 0 Å². The second-order valence-corrected chi connectivity index (χ2v) is 7.59. The molecule has 1 aliphatic rings. The minimum Gasteiger partial charge on any atom is -0.383 e. The zero-order chi connectivity index (χ0) is 18.6. The molecule has 0 saturated carbocycles. The van der Waals surface area contributed by atoms with E-state index in [4.69, 9.17) is 9.26 Å². The molecule has 0 unspecified atom stereocenters. The van der Waals surface area contributed by atoms with E-state index in [1.54, 1.807) is 30.2 Å². The number of rotatable bonds is 8. The minimum atomic E-state index is -3.65. The van der Waals surface area contributed by atoms with Gasteiger partial charge in [-0.2, -0.15) is 4.98 Å². The Morgan fingerprint density at radius 2 is 2.12 bits per heavy atom. The van der Waals surface area contributed by atoms with Gasteiger partial charge in [0.2, 0.25) is 21.8 Å².